The van der Waals surface area contributed by atoms with Gasteiger partial charge >= 0.3 is 0 Å². The highest BCUT2D eigenvalue weighted by atomic mass is 32.2. The van der Waals surface area contributed by atoms with Crippen molar-refractivity contribution in [2.24, 2.45) is 0 Å². The van der Waals surface area contributed by atoms with Crippen LogP contribution in [-0.2, 0) is 4.79 Å². The molecule has 1 saturated heterocycles. The Morgan fingerprint density at radius 1 is 1.29 bits per heavy atom. The zero-order valence-corrected chi connectivity index (χ0v) is 18.3. The number of ether oxygens (including phenoxy) is 1. The van der Waals surface area contributed by atoms with Crippen LogP contribution in [0.5, 0.6) is 5.75 Å². The third-order valence-electron chi connectivity index (χ3n) is 5.59. The summed E-state index contributed by atoms with van der Waals surface area (Å²) in [5, 5.41) is 11.8. The molecule has 0 radical (unpaired) electrons. The van der Waals surface area contributed by atoms with E-state index in [1.165, 1.54) is 23.9 Å². The van der Waals surface area contributed by atoms with Crippen LogP contribution in [0.1, 0.15) is 26.2 Å². The fourth-order valence-electron chi connectivity index (χ4n) is 3.98. The zero-order valence-electron chi connectivity index (χ0n) is 17.5. The van der Waals surface area contributed by atoms with Crippen LogP contribution in [0.25, 0.3) is 16.7 Å². The Bertz CT molecular complexity index is 1130. The number of aromatic nitrogens is 2. The van der Waals surface area contributed by atoms with Gasteiger partial charge in [0.2, 0.25) is 5.91 Å². The Morgan fingerprint density at radius 2 is 2.10 bits per heavy atom. The first-order chi connectivity index (χ1) is 15.0. The molecular formula is C22H24N4O4S. The molecule has 1 fully saturated rings. The van der Waals surface area contributed by atoms with Gasteiger partial charge in [0.25, 0.3) is 5.69 Å². The van der Waals surface area contributed by atoms with Crippen LogP contribution >= 0.6 is 11.8 Å². The number of hydrogen-bond acceptors (Lipinski definition) is 6. The molecule has 0 bridgehead atoms. The molecule has 1 aromatic heterocycles. The smallest absolute Gasteiger partial charge is 0.271 e. The number of nitro benzene ring substituents is 1. The number of thioether (sulfide) groups is 1. The largest absolute Gasteiger partial charge is 0.495 e. The van der Waals surface area contributed by atoms with Gasteiger partial charge in [0.1, 0.15) is 5.75 Å². The first kappa shape index (κ1) is 21.2. The van der Waals surface area contributed by atoms with Gasteiger partial charge in [-0.2, -0.15) is 0 Å². The van der Waals surface area contributed by atoms with E-state index in [2.05, 4.69) is 11.9 Å². The lowest BCUT2D eigenvalue weighted by Crippen LogP contribution is -2.42. The van der Waals surface area contributed by atoms with Gasteiger partial charge in [-0.3, -0.25) is 19.5 Å². The van der Waals surface area contributed by atoms with Gasteiger partial charge in [0.05, 0.1) is 34.5 Å². The van der Waals surface area contributed by atoms with E-state index in [1.54, 1.807) is 13.2 Å². The molecule has 31 heavy (non-hydrogen) atoms. The van der Waals surface area contributed by atoms with Crippen LogP contribution in [0.15, 0.2) is 47.6 Å². The second-order valence-electron chi connectivity index (χ2n) is 7.55. The van der Waals surface area contributed by atoms with Gasteiger partial charge in [-0.1, -0.05) is 23.9 Å². The maximum Gasteiger partial charge on any atom is 0.271 e. The Labute approximate surface area is 184 Å². The fourth-order valence-corrected chi connectivity index (χ4v) is 4.89. The van der Waals surface area contributed by atoms with Crippen molar-refractivity contribution in [3.63, 3.8) is 0 Å². The van der Waals surface area contributed by atoms with Gasteiger partial charge in [0.15, 0.2) is 5.16 Å². The lowest BCUT2D eigenvalue weighted by Gasteiger charge is -2.33. The molecule has 1 amide bonds. The number of carbonyl (C=O) groups is 1. The minimum Gasteiger partial charge on any atom is -0.495 e. The average molecular weight is 441 g/mol. The molecule has 8 nitrogen and oxygen atoms in total. The van der Waals surface area contributed by atoms with Gasteiger partial charge in [-0.15, -0.1) is 0 Å². The Hall–Kier alpha value is -3.07. The van der Waals surface area contributed by atoms with Crippen molar-refractivity contribution >= 4 is 34.4 Å². The van der Waals surface area contributed by atoms with Crippen molar-refractivity contribution in [2.75, 3.05) is 19.4 Å². The molecule has 2 aromatic carbocycles. The van der Waals surface area contributed by atoms with Gasteiger partial charge in [-0.25, -0.2) is 4.98 Å². The monoisotopic (exact) mass is 440 g/mol. The van der Waals surface area contributed by atoms with E-state index in [4.69, 9.17) is 4.74 Å². The van der Waals surface area contributed by atoms with Gasteiger partial charge in [0, 0.05) is 24.7 Å². The summed E-state index contributed by atoms with van der Waals surface area (Å²) in [4.78, 5) is 30.2. The van der Waals surface area contributed by atoms with Crippen LogP contribution in [0.2, 0.25) is 0 Å². The molecule has 4 rings (SSSR count). The minimum absolute atomic E-state index is 0.0213. The van der Waals surface area contributed by atoms with Crippen LogP contribution in [0.3, 0.4) is 0 Å². The fraction of sp³-hybridized carbons (Fsp3) is 0.364. The normalized spacial score (nSPS) is 16.5. The van der Waals surface area contributed by atoms with Gasteiger partial charge in [-0.05, 0) is 44.4 Å². The summed E-state index contributed by atoms with van der Waals surface area (Å²) in [5.74, 6) is 0.991. The summed E-state index contributed by atoms with van der Waals surface area (Å²) < 4.78 is 7.43. The highest BCUT2D eigenvalue weighted by Gasteiger charge is 2.25. The number of nitro groups is 1. The number of fused-ring (bicyclic) bond motifs is 1. The van der Waals surface area contributed by atoms with Crippen molar-refractivity contribution in [2.45, 2.75) is 37.4 Å². The summed E-state index contributed by atoms with van der Waals surface area (Å²) in [7, 11) is 1.59. The van der Waals surface area contributed by atoms with Crippen molar-refractivity contribution in [3.8, 4) is 11.4 Å². The summed E-state index contributed by atoms with van der Waals surface area (Å²) >= 11 is 1.34. The van der Waals surface area contributed by atoms with E-state index in [9.17, 15) is 14.9 Å². The van der Waals surface area contributed by atoms with Crippen LogP contribution < -0.4 is 4.74 Å². The minimum atomic E-state index is -0.435. The standard InChI is InChI=1S/C22H24N4O4S/c1-15-7-5-6-12-24(15)21(27)14-31-22-23-17-13-16(26(28)29)10-11-18(17)25(22)19-8-3-4-9-20(19)30-2/h3-4,8-11,13,15H,5-7,12,14H2,1-2H3. The van der Waals surface area contributed by atoms with Crippen LogP contribution in [-0.4, -0.2) is 50.7 Å². The molecule has 1 aliphatic rings. The van der Waals surface area contributed by atoms with Crippen molar-refractivity contribution in [3.05, 3.63) is 52.6 Å². The summed E-state index contributed by atoms with van der Waals surface area (Å²) in [6.45, 7) is 2.88. The highest BCUT2D eigenvalue weighted by molar-refractivity contribution is 7.99. The first-order valence-electron chi connectivity index (χ1n) is 10.2. The Balaban J connectivity index is 1.72. The number of likely N-dealkylation sites (tertiary alicyclic amines) is 1. The number of rotatable bonds is 6. The summed E-state index contributed by atoms with van der Waals surface area (Å²) in [6.07, 6.45) is 3.21. The summed E-state index contributed by atoms with van der Waals surface area (Å²) in [6, 6.07) is 12.4. The number of hydrogen-bond donors (Lipinski definition) is 0. The number of benzene rings is 2. The molecule has 1 aliphatic heterocycles. The molecule has 0 aliphatic carbocycles. The van der Waals surface area contributed by atoms with Crippen LogP contribution in [0.4, 0.5) is 5.69 Å². The van der Waals surface area contributed by atoms with E-state index in [1.807, 2.05) is 33.7 Å². The quantitative estimate of drug-likeness (QED) is 0.320. The maximum absolute atomic E-state index is 12.9. The molecule has 9 heteroatoms. The number of non-ortho nitro benzene ring substituents is 1. The Kier molecular flexibility index (Phi) is 6.13. The molecule has 0 spiro atoms. The number of amides is 1. The molecule has 0 N–H and O–H groups in total. The average Bonchev–Trinajstić information content (AvgIpc) is 3.15. The third kappa shape index (κ3) is 4.23. The number of methoxy groups -OCH3 is 1. The molecule has 1 atom stereocenters. The zero-order chi connectivity index (χ0) is 22.0. The second-order valence-corrected chi connectivity index (χ2v) is 8.49. The van der Waals surface area contributed by atoms with E-state index in [-0.39, 0.29) is 23.4 Å². The molecule has 2 heterocycles. The van der Waals surface area contributed by atoms with Crippen molar-refractivity contribution < 1.29 is 14.5 Å². The maximum atomic E-state index is 12.9. The van der Waals surface area contributed by atoms with E-state index in [0.717, 1.165) is 37.0 Å². The van der Waals surface area contributed by atoms with E-state index >= 15 is 0 Å². The van der Waals surface area contributed by atoms with Crippen molar-refractivity contribution in [1.82, 2.24) is 14.5 Å². The lowest BCUT2D eigenvalue weighted by molar-refractivity contribution is -0.384. The number of para-hydroxylation sites is 2. The van der Waals surface area contributed by atoms with Crippen LogP contribution in [0, 0.1) is 10.1 Å². The SMILES string of the molecule is COc1ccccc1-n1c(SCC(=O)N2CCCCC2C)nc2cc([N+](=O)[O-])ccc21. The second kappa shape index (κ2) is 8.97. The first-order valence-corrected chi connectivity index (χ1v) is 11.2. The molecule has 0 saturated carbocycles. The number of carbonyl (C=O) groups excluding carboxylic acids is 1. The predicted octanol–water partition coefficient (Wildman–Crippen LogP) is 4.44. The summed E-state index contributed by atoms with van der Waals surface area (Å²) in [5.41, 5.74) is 1.97. The topological polar surface area (TPSA) is 90.5 Å². The van der Waals surface area contributed by atoms with E-state index in [0.29, 0.717) is 16.4 Å². The molecule has 1 unspecified atom stereocenters. The molecule has 3 aromatic rings. The van der Waals surface area contributed by atoms with Crippen molar-refractivity contribution in [1.29, 1.82) is 0 Å². The number of piperidine rings is 1. The number of imidazole rings is 1. The van der Waals surface area contributed by atoms with E-state index < -0.39 is 4.92 Å². The number of nitrogens with zero attached hydrogens (tertiary/aromatic N) is 4. The highest BCUT2D eigenvalue weighted by Crippen LogP contribution is 2.34. The molecule has 162 valence electrons. The van der Waals surface area contributed by atoms with Gasteiger partial charge < -0.3 is 9.64 Å². The predicted molar refractivity (Wildman–Crippen MR) is 120 cm³/mol. The Morgan fingerprint density at radius 3 is 2.84 bits per heavy atom. The third-order valence-corrected chi connectivity index (χ3v) is 6.52. The molecular weight excluding hydrogens is 416 g/mol. The lowest BCUT2D eigenvalue weighted by atomic mass is 10.0.